The lowest BCUT2D eigenvalue weighted by Crippen LogP contribution is -2.39. The predicted molar refractivity (Wildman–Crippen MR) is 73.3 cm³/mol. The predicted octanol–water partition coefficient (Wildman–Crippen LogP) is 1.82. The van der Waals surface area contributed by atoms with E-state index in [0.29, 0.717) is 6.54 Å². The van der Waals surface area contributed by atoms with Gasteiger partial charge in [0.15, 0.2) is 0 Å². The van der Waals surface area contributed by atoms with Crippen LogP contribution in [0.5, 0.6) is 0 Å². The van der Waals surface area contributed by atoms with Gasteiger partial charge in [-0.1, -0.05) is 18.2 Å². The molecule has 0 saturated carbocycles. The number of hydrogen-bond donors (Lipinski definition) is 2. The fraction of sp³-hybridized carbons (Fsp3) is 0.500. The number of rotatable bonds is 5. The van der Waals surface area contributed by atoms with Gasteiger partial charge in [-0.3, -0.25) is 4.68 Å². The third kappa shape index (κ3) is 2.71. The van der Waals surface area contributed by atoms with E-state index in [2.05, 4.69) is 36.4 Å². The van der Waals surface area contributed by atoms with E-state index in [0.717, 1.165) is 17.6 Å². The molecule has 0 amide bonds. The Hall–Kier alpha value is -1.39. The number of fused-ring (bicyclic) bond motifs is 1. The molecule has 0 radical (unpaired) electrons. The number of hydrogen-bond acceptors (Lipinski definition) is 3. The maximum absolute atomic E-state index is 9.02. The fourth-order valence-electron chi connectivity index (χ4n) is 2.11. The Balaban J connectivity index is 2.17. The lowest BCUT2D eigenvalue weighted by atomic mass is 10.0. The second-order valence-corrected chi connectivity index (χ2v) is 5.30. The molecule has 2 rings (SSSR count). The van der Waals surface area contributed by atoms with Gasteiger partial charge in [0.05, 0.1) is 11.2 Å². The number of nitrogens with one attached hydrogen (secondary N) is 1. The Labute approximate surface area is 108 Å². The summed E-state index contributed by atoms with van der Waals surface area (Å²) in [6.45, 7) is 5.10. The van der Waals surface area contributed by atoms with Crippen LogP contribution in [0.3, 0.4) is 0 Å². The third-order valence-corrected chi connectivity index (χ3v) is 3.31. The molecule has 0 saturated heterocycles. The van der Waals surface area contributed by atoms with Crippen molar-refractivity contribution in [3.8, 4) is 0 Å². The summed E-state index contributed by atoms with van der Waals surface area (Å²) in [6, 6.07) is 8.23. The number of aliphatic hydroxyl groups excluding tert-OH is 1. The maximum Gasteiger partial charge on any atom is 0.0841 e. The van der Waals surface area contributed by atoms with Gasteiger partial charge >= 0.3 is 0 Å². The van der Waals surface area contributed by atoms with E-state index < -0.39 is 0 Å². The summed E-state index contributed by atoms with van der Waals surface area (Å²) < 4.78 is 1.91. The van der Waals surface area contributed by atoms with Gasteiger partial charge in [0.2, 0.25) is 0 Å². The molecule has 0 aliphatic carbocycles. The molecule has 98 valence electrons. The van der Waals surface area contributed by atoms with Crippen molar-refractivity contribution in [3.63, 3.8) is 0 Å². The van der Waals surface area contributed by atoms with Crippen molar-refractivity contribution < 1.29 is 5.11 Å². The van der Waals surface area contributed by atoms with Crippen LogP contribution in [-0.4, -0.2) is 27.0 Å². The number of aliphatic hydroxyl groups is 1. The summed E-state index contributed by atoms with van der Waals surface area (Å²) in [5.74, 6) is 0. The Morgan fingerprint density at radius 3 is 2.78 bits per heavy atom. The number of para-hydroxylation sites is 1. The third-order valence-electron chi connectivity index (χ3n) is 3.31. The summed E-state index contributed by atoms with van der Waals surface area (Å²) in [5, 5.41) is 18.2. The summed E-state index contributed by atoms with van der Waals surface area (Å²) >= 11 is 0. The minimum atomic E-state index is -0.0760. The first-order chi connectivity index (χ1) is 8.53. The number of nitrogens with zero attached hydrogens (tertiary/aromatic N) is 2. The van der Waals surface area contributed by atoms with Gasteiger partial charge in [0.25, 0.3) is 0 Å². The first-order valence-corrected chi connectivity index (χ1v) is 6.30. The van der Waals surface area contributed by atoms with Crippen LogP contribution in [0.1, 0.15) is 26.0 Å². The van der Waals surface area contributed by atoms with Crippen LogP contribution in [0.4, 0.5) is 0 Å². The van der Waals surface area contributed by atoms with Gasteiger partial charge < -0.3 is 10.4 Å². The molecule has 0 atom stereocenters. The molecule has 1 aromatic heterocycles. The molecule has 18 heavy (non-hydrogen) atoms. The molecule has 1 heterocycles. The Bertz CT molecular complexity index is 531. The number of aryl methyl sites for hydroxylation is 1. The lowest BCUT2D eigenvalue weighted by molar-refractivity contribution is 0.229. The van der Waals surface area contributed by atoms with Crippen molar-refractivity contribution in [1.82, 2.24) is 15.1 Å². The summed E-state index contributed by atoms with van der Waals surface area (Å²) in [6.07, 6.45) is 0.734. The van der Waals surface area contributed by atoms with Crippen molar-refractivity contribution >= 4 is 10.9 Å². The largest absolute Gasteiger partial charge is 0.396 e. The maximum atomic E-state index is 9.02. The van der Waals surface area contributed by atoms with Crippen molar-refractivity contribution in [3.05, 3.63) is 30.0 Å². The van der Waals surface area contributed by atoms with Crippen molar-refractivity contribution in [2.24, 2.45) is 7.05 Å². The van der Waals surface area contributed by atoms with Gasteiger partial charge in [-0.05, 0) is 26.3 Å². The minimum absolute atomic E-state index is 0.0760. The van der Waals surface area contributed by atoms with Crippen molar-refractivity contribution in [2.75, 3.05) is 6.61 Å². The normalized spacial score (nSPS) is 12.2. The van der Waals surface area contributed by atoms with Crippen molar-refractivity contribution in [1.29, 1.82) is 0 Å². The highest BCUT2D eigenvalue weighted by atomic mass is 16.3. The van der Waals surface area contributed by atoms with E-state index in [1.54, 1.807) is 0 Å². The second kappa shape index (κ2) is 5.08. The zero-order valence-electron chi connectivity index (χ0n) is 11.3. The topological polar surface area (TPSA) is 50.1 Å². The molecule has 2 aromatic rings. The molecule has 0 bridgehead atoms. The van der Waals surface area contributed by atoms with Crippen LogP contribution >= 0.6 is 0 Å². The molecule has 0 aliphatic heterocycles. The van der Waals surface area contributed by atoms with E-state index >= 15 is 0 Å². The number of aromatic nitrogens is 2. The van der Waals surface area contributed by atoms with Gasteiger partial charge in [-0.15, -0.1) is 0 Å². The molecule has 0 unspecified atom stereocenters. The molecule has 1 aromatic carbocycles. The highest BCUT2D eigenvalue weighted by Gasteiger charge is 2.17. The molecule has 0 fully saturated rings. The minimum Gasteiger partial charge on any atom is -0.396 e. The standard InChI is InChI=1S/C14H21N3O/c1-14(2,8-9-18)15-10-12-11-6-4-5-7-13(11)17(3)16-12/h4-7,15,18H,8-10H2,1-3H3. The first kappa shape index (κ1) is 13.1. The Morgan fingerprint density at radius 1 is 1.33 bits per heavy atom. The van der Waals surface area contributed by atoms with E-state index in [-0.39, 0.29) is 12.1 Å². The molecule has 2 N–H and O–H groups in total. The zero-order valence-corrected chi connectivity index (χ0v) is 11.3. The summed E-state index contributed by atoms with van der Waals surface area (Å²) in [5.41, 5.74) is 2.13. The van der Waals surface area contributed by atoms with Crippen molar-refractivity contribution in [2.45, 2.75) is 32.4 Å². The summed E-state index contributed by atoms with van der Waals surface area (Å²) in [4.78, 5) is 0. The fourth-order valence-corrected chi connectivity index (χ4v) is 2.11. The SMILES string of the molecule is Cn1nc(CNC(C)(C)CCO)c2ccccc21. The Morgan fingerprint density at radius 2 is 2.06 bits per heavy atom. The smallest absolute Gasteiger partial charge is 0.0841 e. The van der Waals surface area contributed by atoms with Crippen LogP contribution in [0.2, 0.25) is 0 Å². The average Bonchev–Trinajstić information content (AvgIpc) is 2.65. The number of benzene rings is 1. The second-order valence-electron chi connectivity index (χ2n) is 5.30. The van der Waals surface area contributed by atoms with E-state index in [9.17, 15) is 0 Å². The molecule has 4 nitrogen and oxygen atoms in total. The molecule has 4 heteroatoms. The van der Waals surface area contributed by atoms with Crippen LogP contribution in [0.25, 0.3) is 10.9 Å². The van der Waals surface area contributed by atoms with Gasteiger partial charge in [0, 0.05) is 31.1 Å². The zero-order chi connectivity index (χ0) is 13.2. The van der Waals surface area contributed by atoms with Gasteiger partial charge in [-0.2, -0.15) is 5.10 Å². The van der Waals surface area contributed by atoms with Crippen LogP contribution in [0.15, 0.2) is 24.3 Å². The quantitative estimate of drug-likeness (QED) is 0.847. The highest BCUT2D eigenvalue weighted by molar-refractivity contribution is 5.81. The highest BCUT2D eigenvalue weighted by Crippen LogP contribution is 2.18. The molecular weight excluding hydrogens is 226 g/mol. The Kier molecular flexibility index (Phi) is 3.68. The van der Waals surface area contributed by atoms with Crippen LogP contribution < -0.4 is 5.32 Å². The monoisotopic (exact) mass is 247 g/mol. The lowest BCUT2D eigenvalue weighted by Gasteiger charge is -2.24. The summed E-state index contributed by atoms with van der Waals surface area (Å²) in [7, 11) is 1.96. The van der Waals surface area contributed by atoms with Crippen LogP contribution in [0, 0.1) is 0 Å². The van der Waals surface area contributed by atoms with E-state index in [1.807, 2.05) is 23.9 Å². The molecule has 0 aliphatic rings. The average molecular weight is 247 g/mol. The van der Waals surface area contributed by atoms with Gasteiger partial charge in [0.1, 0.15) is 0 Å². The van der Waals surface area contributed by atoms with Gasteiger partial charge in [-0.25, -0.2) is 0 Å². The van der Waals surface area contributed by atoms with E-state index in [1.165, 1.54) is 5.39 Å². The first-order valence-electron chi connectivity index (χ1n) is 6.30. The molecule has 0 spiro atoms. The van der Waals surface area contributed by atoms with E-state index in [4.69, 9.17) is 5.11 Å². The van der Waals surface area contributed by atoms with Crippen LogP contribution in [-0.2, 0) is 13.6 Å². The molecular formula is C14H21N3O.